The molecule has 1 amide bonds. The summed E-state index contributed by atoms with van der Waals surface area (Å²) in [5.41, 5.74) is 0.863. The first-order valence-corrected chi connectivity index (χ1v) is 7.62. The Morgan fingerprint density at radius 2 is 2.20 bits per heavy atom. The van der Waals surface area contributed by atoms with Crippen molar-refractivity contribution in [2.75, 3.05) is 6.54 Å². The van der Waals surface area contributed by atoms with Gasteiger partial charge in [-0.1, -0.05) is 0 Å². The van der Waals surface area contributed by atoms with Crippen LogP contribution in [0.25, 0.3) is 10.8 Å². The highest BCUT2D eigenvalue weighted by molar-refractivity contribution is 9.10. The first kappa shape index (κ1) is 13.5. The van der Waals surface area contributed by atoms with Crippen molar-refractivity contribution in [2.45, 2.75) is 26.4 Å². The summed E-state index contributed by atoms with van der Waals surface area (Å²) in [6, 6.07) is -0.245. The molecule has 0 radical (unpaired) electrons. The summed E-state index contributed by atoms with van der Waals surface area (Å²) in [4.78, 5) is 21.5. The Balaban J connectivity index is 2.09. The molecule has 3 rings (SSSR count). The standard InChI is InChI=1S/C11H12BrN5O2S/c1-5-7-8(12)14-9(10-13-6(2)15-20-10)17(7)4-3-16(5)11(18)19/h5H,3-4H2,1-2H3,(H,18,19)/t5-/m1/s1. The van der Waals surface area contributed by atoms with Crippen LogP contribution in [0.3, 0.4) is 0 Å². The van der Waals surface area contributed by atoms with Gasteiger partial charge in [0.05, 0.1) is 11.7 Å². The van der Waals surface area contributed by atoms with Crippen molar-refractivity contribution < 1.29 is 9.90 Å². The lowest BCUT2D eigenvalue weighted by molar-refractivity contribution is 0.115. The fraction of sp³-hybridized carbons (Fsp3) is 0.455. The lowest BCUT2D eigenvalue weighted by atomic mass is 10.2. The third-order valence-electron chi connectivity index (χ3n) is 3.35. The minimum absolute atomic E-state index is 0.245. The van der Waals surface area contributed by atoms with E-state index >= 15 is 0 Å². The molecule has 2 aromatic heterocycles. The molecule has 0 aromatic carbocycles. The first-order chi connectivity index (χ1) is 9.49. The van der Waals surface area contributed by atoms with E-state index in [4.69, 9.17) is 0 Å². The molecule has 1 N–H and O–H groups in total. The van der Waals surface area contributed by atoms with Crippen molar-refractivity contribution >= 4 is 33.6 Å². The lowest BCUT2D eigenvalue weighted by Gasteiger charge is -2.32. The number of hydrogen-bond donors (Lipinski definition) is 1. The molecule has 0 spiro atoms. The minimum Gasteiger partial charge on any atom is -0.465 e. The maximum atomic E-state index is 11.2. The summed E-state index contributed by atoms with van der Waals surface area (Å²) < 4.78 is 6.86. The molecule has 7 nitrogen and oxygen atoms in total. The number of carboxylic acid groups (broad SMARTS) is 1. The molecular weight excluding hydrogens is 346 g/mol. The Morgan fingerprint density at radius 3 is 2.80 bits per heavy atom. The predicted molar refractivity (Wildman–Crippen MR) is 76.7 cm³/mol. The number of fused-ring (bicyclic) bond motifs is 1. The Morgan fingerprint density at radius 1 is 1.45 bits per heavy atom. The molecule has 0 unspecified atom stereocenters. The quantitative estimate of drug-likeness (QED) is 0.847. The molecule has 106 valence electrons. The average molecular weight is 358 g/mol. The van der Waals surface area contributed by atoms with Gasteiger partial charge in [-0.3, -0.25) is 4.90 Å². The SMILES string of the molecule is Cc1nsc(-c2nc(Br)c3n2CCN(C(=O)O)[C@@H]3C)n1. The summed E-state index contributed by atoms with van der Waals surface area (Å²) >= 11 is 4.73. The number of aromatic nitrogens is 4. The molecule has 0 fully saturated rings. The van der Waals surface area contributed by atoms with Gasteiger partial charge < -0.3 is 9.67 Å². The normalized spacial score (nSPS) is 18.1. The lowest BCUT2D eigenvalue weighted by Crippen LogP contribution is -2.40. The van der Waals surface area contributed by atoms with Gasteiger partial charge in [-0.15, -0.1) is 0 Å². The summed E-state index contributed by atoms with van der Waals surface area (Å²) in [7, 11) is 0. The molecule has 1 aliphatic rings. The van der Waals surface area contributed by atoms with Crippen LogP contribution >= 0.6 is 27.5 Å². The monoisotopic (exact) mass is 357 g/mol. The summed E-state index contributed by atoms with van der Waals surface area (Å²) in [6.45, 7) is 4.71. The van der Waals surface area contributed by atoms with Crippen LogP contribution in [-0.2, 0) is 6.54 Å². The van der Waals surface area contributed by atoms with E-state index in [0.717, 1.165) is 22.4 Å². The molecule has 9 heteroatoms. The van der Waals surface area contributed by atoms with Gasteiger partial charge in [0, 0.05) is 13.1 Å². The second-order valence-electron chi connectivity index (χ2n) is 4.56. The molecule has 0 bridgehead atoms. The van der Waals surface area contributed by atoms with E-state index in [-0.39, 0.29) is 6.04 Å². The predicted octanol–water partition coefficient (Wildman–Crippen LogP) is 2.53. The topological polar surface area (TPSA) is 84.1 Å². The number of carbonyl (C=O) groups is 1. The van der Waals surface area contributed by atoms with Gasteiger partial charge in [-0.05, 0) is 41.3 Å². The minimum atomic E-state index is -0.912. The highest BCUT2D eigenvalue weighted by atomic mass is 79.9. The molecule has 1 atom stereocenters. The fourth-order valence-electron chi connectivity index (χ4n) is 2.42. The van der Waals surface area contributed by atoms with Crippen LogP contribution in [0.15, 0.2) is 4.60 Å². The second-order valence-corrected chi connectivity index (χ2v) is 6.06. The van der Waals surface area contributed by atoms with Crippen molar-refractivity contribution in [3.63, 3.8) is 0 Å². The number of halogens is 1. The van der Waals surface area contributed by atoms with E-state index in [0.29, 0.717) is 17.7 Å². The molecule has 3 heterocycles. The largest absolute Gasteiger partial charge is 0.465 e. The summed E-state index contributed by atoms with van der Waals surface area (Å²) in [6.07, 6.45) is -0.912. The summed E-state index contributed by atoms with van der Waals surface area (Å²) in [5.74, 6) is 1.46. The van der Waals surface area contributed by atoms with E-state index < -0.39 is 6.09 Å². The molecule has 1 aliphatic heterocycles. The van der Waals surface area contributed by atoms with Gasteiger partial charge in [-0.25, -0.2) is 14.8 Å². The van der Waals surface area contributed by atoms with Crippen LogP contribution in [0.1, 0.15) is 24.5 Å². The van der Waals surface area contributed by atoms with Crippen LogP contribution in [-0.4, -0.2) is 41.6 Å². The molecular formula is C11H12BrN5O2S. The Bertz CT molecular complexity index is 682. The van der Waals surface area contributed by atoms with Crippen molar-refractivity contribution in [1.82, 2.24) is 23.8 Å². The number of imidazole rings is 1. The van der Waals surface area contributed by atoms with Crippen LogP contribution in [0.5, 0.6) is 0 Å². The molecule has 2 aromatic rings. The second kappa shape index (κ2) is 4.81. The van der Waals surface area contributed by atoms with E-state index in [1.54, 1.807) is 0 Å². The zero-order chi connectivity index (χ0) is 14.4. The van der Waals surface area contributed by atoms with Crippen LogP contribution in [0.2, 0.25) is 0 Å². The Hall–Kier alpha value is -1.48. The van der Waals surface area contributed by atoms with E-state index in [2.05, 4.69) is 30.3 Å². The number of rotatable bonds is 1. The zero-order valence-corrected chi connectivity index (χ0v) is 13.3. The first-order valence-electron chi connectivity index (χ1n) is 6.05. The van der Waals surface area contributed by atoms with Crippen molar-refractivity contribution in [3.05, 3.63) is 16.1 Å². The van der Waals surface area contributed by atoms with Crippen LogP contribution < -0.4 is 0 Å². The maximum Gasteiger partial charge on any atom is 0.407 e. The number of hydrogen-bond acceptors (Lipinski definition) is 5. The van der Waals surface area contributed by atoms with Crippen molar-refractivity contribution in [1.29, 1.82) is 0 Å². The average Bonchev–Trinajstić information content (AvgIpc) is 2.94. The Labute approximate surface area is 127 Å². The number of amides is 1. The third kappa shape index (κ3) is 2.01. The zero-order valence-electron chi connectivity index (χ0n) is 10.9. The molecule has 0 saturated heterocycles. The van der Waals surface area contributed by atoms with E-state index in [9.17, 15) is 9.90 Å². The third-order valence-corrected chi connectivity index (χ3v) is 4.74. The van der Waals surface area contributed by atoms with Gasteiger partial charge in [0.25, 0.3) is 0 Å². The van der Waals surface area contributed by atoms with Crippen LogP contribution in [0, 0.1) is 6.92 Å². The van der Waals surface area contributed by atoms with Gasteiger partial charge >= 0.3 is 6.09 Å². The Kier molecular flexibility index (Phi) is 3.25. The van der Waals surface area contributed by atoms with Gasteiger partial charge in [0.1, 0.15) is 10.4 Å². The number of aryl methyl sites for hydroxylation is 1. The highest BCUT2D eigenvalue weighted by Gasteiger charge is 2.33. The molecule has 0 aliphatic carbocycles. The molecule has 0 saturated carbocycles. The van der Waals surface area contributed by atoms with Gasteiger partial charge in [0.2, 0.25) is 0 Å². The number of nitrogens with zero attached hydrogens (tertiary/aromatic N) is 5. The smallest absolute Gasteiger partial charge is 0.407 e. The van der Waals surface area contributed by atoms with Gasteiger partial charge in [0.15, 0.2) is 10.8 Å². The van der Waals surface area contributed by atoms with E-state index in [1.165, 1.54) is 16.4 Å². The van der Waals surface area contributed by atoms with E-state index in [1.807, 2.05) is 18.4 Å². The van der Waals surface area contributed by atoms with Crippen LogP contribution in [0.4, 0.5) is 4.79 Å². The summed E-state index contributed by atoms with van der Waals surface area (Å²) in [5, 5.41) is 9.97. The van der Waals surface area contributed by atoms with Crippen molar-refractivity contribution in [2.24, 2.45) is 0 Å². The van der Waals surface area contributed by atoms with Crippen molar-refractivity contribution in [3.8, 4) is 10.8 Å². The van der Waals surface area contributed by atoms with Gasteiger partial charge in [-0.2, -0.15) is 4.37 Å². The highest BCUT2D eigenvalue weighted by Crippen LogP contribution is 2.35. The maximum absolute atomic E-state index is 11.2. The molecule has 20 heavy (non-hydrogen) atoms. The fourth-order valence-corrected chi connectivity index (χ4v) is 3.80.